The van der Waals surface area contributed by atoms with Crippen LogP contribution in [0, 0.1) is 5.92 Å². The van der Waals surface area contributed by atoms with E-state index >= 15 is 0 Å². The van der Waals surface area contributed by atoms with E-state index in [1.54, 1.807) is 0 Å². The smallest absolute Gasteiger partial charge is 0.310 e. The fourth-order valence-electron chi connectivity index (χ4n) is 2.41. The summed E-state index contributed by atoms with van der Waals surface area (Å²) in [6.07, 6.45) is 7.13. The fraction of sp³-hybridized carbons (Fsp3) is 0.917. The maximum Gasteiger partial charge on any atom is 0.310 e. The van der Waals surface area contributed by atoms with Crippen LogP contribution in [0.25, 0.3) is 0 Å². The average Bonchev–Trinajstić information content (AvgIpc) is 3.03. The predicted octanol–water partition coefficient (Wildman–Crippen LogP) is 1.86. The van der Waals surface area contributed by atoms with E-state index in [1.165, 1.54) is 25.7 Å². The highest BCUT2D eigenvalue weighted by Gasteiger charge is 2.35. The molecule has 2 fully saturated rings. The highest BCUT2D eigenvalue weighted by atomic mass is 16.5. The van der Waals surface area contributed by atoms with Crippen molar-refractivity contribution >= 4 is 5.97 Å². The molecule has 0 spiro atoms. The third kappa shape index (κ3) is 2.94. The number of hydrogen-bond donors (Lipinski definition) is 1. The topological polar surface area (TPSA) is 38.3 Å². The third-order valence-corrected chi connectivity index (χ3v) is 3.38. The van der Waals surface area contributed by atoms with Gasteiger partial charge in [-0.1, -0.05) is 12.8 Å². The van der Waals surface area contributed by atoms with Crippen LogP contribution in [0.5, 0.6) is 0 Å². The van der Waals surface area contributed by atoms with Crippen molar-refractivity contribution < 1.29 is 9.53 Å². The lowest BCUT2D eigenvalue weighted by molar-refractivity contribution is -0.150. The van der Waals surface area contributed by atoms with Crippen molar-refractivity contribution in [2.75, 3.05) is 6.61 Å². The molecule has 0 aromatic carbocycles. The van der Waals surface area contributed by atoms with Gasteiger partial charge in [-0.05, 0) is 32.6 Å². The second kappa shape index (κ2) is 4.97. The average molecular weight is 211 g/mol. The Morgan fingerprint density at radius 3 is 2.67 bits per heavy atom. The zero-order valence-corrected chi connectivity index (χ0v) is 9.50. The van der Waals surface area contributed by atoms with Crippen molar-refractivity contribution in [1.29, 1.82) is 0 Å². The summed E-state index contributed by atoms with van der Waals surface area (Å²) in [7, 11) is 0. The quantitative estimate of drug-likeness (QED) is 0.721. The largest absolute Gasteiger partial charge is 0.466 e. The van der Waals surface area contributed by atoms with Gasteiger partial charge in [-0.15, -0.1) is 0 Å². The number of rotatable bonds is 4. The van der Waals surface area contributed by atoms with Crippen molar-refractivity contribution in [3.05, 3.63) is 0 Å². The van der Waals surface area contributed by atoms with E-state index in [0.29, 0.717) is 18.7 Å². The van der Waals surface area contributed by atoms with E-state index in [4.69, 9.17) is 4.74 Å². The Morgan fingerprint density at radius 2 is 2.00 bits per heavy atom. The van der Waals surface area contributed by atoms with Gasteiger partial charge >= 0.3 is 5.97 Å². The molecule has 0 bridgehead atoms. The van der Waals surface area contributed by atoms with Gasteiger partial charge in [0.2, 0.25) is 0 Å². The number of nitrogens with one attached hydrogen (secondary N) is 1. The summed E-state index contributed by atoms with van der Waals surface area (Å²) in [6, 6.07) is 1.07. The molecule has 0 amide bonds. The van der Waals surface area contributed by atoms with Crippen LogP contribution >= 0.6 is 0 Å². The Morgan fingerprint density at radius 1 is 1.27 bits per heavy atom. The summed E-state index contributed by atoms with van der Waals surface area (Å²) in [5, 5.41) is 3.58. The molecule has 0 saturated heterocycles. The second-order valence-corrected chi connectivity index (χ2v) is 4.69. The number of carbonyl (C=O) groups excluding carboxylic acids is 1. The lowest BCUT2D eigenvalue weighted by atomic mass is 9.84. The molecule has 1 N–H and O–H groups in total. The van der Waals surface area contributed by atoms with Crippen LogP contribution in [0.1, 0.15) is 45.4 Å². The predicted molar refractivity (Wildman–Crippen MR) is 58.5 cm³/mol. The van der Waals surface area contributed by atoms with Crippen LogP contribution in [0.3, 0.4) is 0 Å². The van der Waals surface area contributed by atoms with Crippen LogP contribution in [0.15, 0.2) is 0 Å². The van der Waals surface area contributed by atoms with Crippen molar-refractivity contribution in [3.63, 3.8) is 0 Å². The van der Waals surface area contributed by atoms with Gasteiger partial charge in [0, 0.05) is 12.1 Å². The molecule has 15 heavy (non-hydrogen) atoms. The molecule has 2 rings (SSSR count). The number of carbonyl (C=O) groups is 1. The summed E-state index contributed by atoms with van der Waals surface area (Å²) in [6.45, 7) is 2.38. The molecule has 2 atom stereocenters. The molecule has 2 aliphatic carbocycles. The van der Waals surface area contributed by atoms with Crippen LogP contribution in [0.2, 0.25) is 0 Å². The summed E-state index contributed by atoms with van der Waals surface area (Å²) in [4.78, 5) is 11.7. The zero-order chi connectivity index (χ0) is 10.7. The summed E-state index contributed by atoms with van der Waals surface area (Å²) >= 11 is 0. The first-order chi connectivity index (χ1) is 7.31. The lowest BCUT2D eigenvalue weighted by Gasteiger charge is -2.30. The maximum absolute atomic E-state index is 11.7. The number of esters is 1. The van der Waals surface area contributed by atoms with Gasteiger partial charge in [-0.3, -0.25) is 4.79 Å². The van der Waals surface area contributed by atoms with Gasteiger partial charge in [-0.25, -0.2) is 0 Å². The molecular weight excluding hydrogens is 190 g/mol. The van der Waals surface area contributed by atoms with E-state index in [2.05, 4.69) is 5.32 Å². The number of ether oxygens (including phenoxy) is 1. The molecule has 3 nitrogen and oxygen atoms in total. The van der Waals surface area contributed by atoms with Crippen molar-refractivity contribution in [3.8, 4) is 0 Å². The SMILES string of the molecule is CCOC(=O)[C@H]1CCCC[C@H]1NC1CC1. The van der Waals surface area contributed by atoms with Gasteiger partial charge in [0.25, 0.3) is 0 Å². The van der Waals surface area contributed by atoms with Crippen LogP contribution in [-0.4, -0.2) is 24.7 Å². The third-order valence-electron chi connectivity index (χ3n) is 3.38. The van der Waals surface area contributed by atoms with E-state index in [9.17, 15) is 4.79 Å². The van der Waals surface area contributed by atoms with Crippen LogP contribution < -0.4 is 5.32 Å². The van der Waals surface area contributed by atoms with Gasteiger partial charge in [0.05, 0.1) is 12.5 Å². The Bertz CT molecular complexity index is 226. The molecule has 0 unspecified atom stereocenters. The standard InChI is InChI=1S/C12H21NO2/c1-2-15-12(14)10-5-3-4-6-11(10)13-9-7-8-9/h9-11,13H,2-8H2,1H3/t10-,11+/m0/s1. The van der Waals surface area contributed by atoms with E-state index < -0.39 is 0 Å². The first-order valence-electron chi connectivity index (χ1n) is 6.24. The molecule has 0 aromatic rings. The Labute approximate surface area is 91.6 Å². The molecular formula is C12H21NO2. The lowest BCUT2D eigenvalue weighted by Crippen LogP contribution is -2.43. The van der Waals surface area contributed by atoms with Gasteiger partial charge < -0.3 is 10.1 Å². The molecule has 0 radical (unpaired) electrons. The van der Waals surface area contributed by atoms with Gasteiger partial charge in [0.15, 0.2) is 0 Å². The van der Waals surface area contributed by atoms with E-state index in [0.717, 1.165) is 12.8 Å². The Balaban J connectivity index is 1.88. The summed E-state index contributed by atoms with van der Waals surface area (Å²) in [5.74, 6) is 0.120. The van der Waals surface area contributed by atoms with E-state index in [1.807, 2.05) is 6.92 Å². The molecule has 86 valence electrons. The second-order valence-electron chi connectivity index (χ2n) is 4.69. The first kappa shape index (κ1) is 10.9. The summed E-state index contributed by atoms with van der Waals surface area (Å²) in [5.41, 5.74) is 0. The molecule has 0 aliphatic heterocycles. The minimum Gasteiger partial charge on any atom is -0.466 e. The Hall–Kier alpha value is -0.570. The molecule has 3 heteroatoms. The summed E-state index contributed by atoms with van der Waals surface area (Å²) < 4.78 is 5.13. The molecule has 2 saturated carbocycles. The first-order valence-corrected chi connectivity index (χ1v) is 6.24. The normalized spacial score (nSPS) is 31.3. The molecule has 0 aromatic heterocycles. The van der Waals surface area contributed by atoms with E-state index in [-0.39, 0.29) is 11.9 Å². The van der Waals surface area contributed by atoms with Crippen LogP contribution in [0.4, 0.5) is 0 Å². The number of hydrogen-bond acceptors (Lipinski definition) is 3. The highest BCUT2D eigenvalue weighted by molar-refractivity contribution is 5.73. The molecule has 0 heterocycles. The zero-order valence-electron chi connectivity index (χ0n) is 9.50. The Kier molecular flexibility index (Phi) is 3.62. The van der Waals surface area contributed by atoms with Crippen molar-refractivity contribution in [2.45, 2.75) is 57.5 Å². The van der Waals surface area contributed by atoms with Gasteiger partial charge in [0.1, 0.15) is 0 Å². The van der Waals surface area contributed by atoms with Crippen molar-refractivity contribution in [1.82, 2.24) is 5.32 Å². The minimum absolute atomic E-state index is 0.00958. The minimum atomic E-state index is 0.00958. The van der Waals surface area contributed by atoms with Crippen molar-refractivity contribution in [2.24, 2.45) is 5.92 Å². The maximum atomic E-state index is 11.7. The monoisotopic (exact) mass is 211 g/mol. The van der Waals surface area contributed by atoms with Crippen LogP contribution in [-0.2, 0) is 9.53 Å². The van der Waals surface area contributed by atoms with Gasteiger partial charge in [-0.2, -0.15) is 0 Å². The molecule has 2 aliphatic rings. The highest BCUT2D eigenvalue weighted by Crippen LogP contribution is 2.29. The fourth-order valence-corrected chi connectivity index (χ4v) is 2.41.